The van der Waals surface area contributed by atoms with Crippen molar-refractivity contribution in [1.29, 1.82) is 0 Å². The average Bonchev–Trinajstić information content (AvgIpc) is 2.86. The maximum absolute atomic E-state index is 12.4. The summed E-state index contributed by atoms with van der Waals surface area (Å²) in [5.41, 5.74) is 0.500. The largest absolute Gasteiger partial charge is 0.302 e. The first kappa shape index (κ1) is 7.40. The minimum atomic E-state index is -0.500. The molecule has 1 aliphatic rings. The van der Waals surface area contributed by atoms with Crippen LogP contribution in [0.2, 0.25) is 0 Å². The van der Waals surface area contributed by atoms with Gasteiger partial charge in [0.2, 0.25) is 5.95 Å². The molecule has 0 N–H and O–H groups in total. The summed E-state index contributed by atoms with van der Waals surface area (Å²) < 4.78 is 12.4. The van der Waals surface area contributed by atoms with Gasteiger partial charge in [-0.05, 0) is 24.5 Å². The summed E-state index contributed by atoms with van der Waals surface area (Å²) in [6.45, 7) is 0. The van der Waals surface area contributed by atoms with Crippen molar-refractivity contribution in [3.63, 3.8) is 0 Å². The van der Waals surface area contributed by atoms with Gasteiger partial charge in [-0.25, -0.2) is 4.98 Å². The molecule has 1 heterocycles. The van der Waals surface area contributed by atoms with Crippen molar-refractivity contribution in [2.24, 2.45) is 0 Å². The summed E-state index contributed by atoms with van der Waals surface area (Å²) in [6.07, 6.45) is 4.10. The van der Waals surface area contributed by atoms with Gasteiger partial charge in [-0.3, -0.25) is 0 Å². The lowest BCUT2D eigenvalue weighted by molar-refractivity contribution is -0.109. The van der Waals surface area contributed by atoms with Crippen LogP contribution in [0.5, 0.6) is 0 Å². The highest BCUT2D eigenvalue weighted by Gasteiger charge is 2.44. The standard InChI is InChI=1S/C9H8FNO/c10-8-2-1-7(5-11-8)9(6-12)3-4-9/h1-2,5-6H,3-4H2. The molecule has 0 saturated heterocycles. The average molecular weight is 165 g/mol. The van der Waals surface area contributed by atoms with Gasteiger partial charge >= 0.3 is 0 Å². The predicted octanol–water partition coefficient (Wildman–Crippen LogP) is 1.45. The van der Waals surface area contributed by atoms with Crippen LogP contribution in [0.25, 0.3) is 0 Å². The number of rotatable bonds is 2. The van der Waals surface area contributed by atoms with Gasteiger partial charge in [0.15, 0.2) is 0 Å². The van der Waals surface area contributed by atoms with E-state index in [9.17, 15) is 9.18 Å². The van der Waals surface area contributed by atoms with E-state index >= 15 is 0 Å². The molecule has 62 valence electrons. The monoisotopic (exact) mass is 165 g/mol. The number of aromatic nitrogens is 1. The molecular formula is C9H8FNO. The van der Waals surface area contributed by atoms with Crippen LogP contribution in [0.3, 0.4) is 0 Å². The summed E-state index contributed by atoms with van der Waals surface area (Å²) in [4.78, 5) is 14.2. The highest BCUT2D eigenvalue weighted by molar-refractivity contribution is 5.72. The van der Waals surface area contributed by atoms with E-state index in [-0.39, 0.29) is 5.41 Å². The molecule has 0 bridgehead atoms. The molecule has 0 radical (unpaired) electrons. The summed E-state index contributed by atoms with van der Waals surface area (Å²) in [6, 6.07) is 2.92. The second-order valence-corrected chi connectivity index (χ2v) is 3.14. The lowest BCUT2D eigenvalue weighted by Crippen LogP contribution is -2.08. The van der Waals surface area contributed by atoms with Gasteiger partial charge < -0.3 is 4.79 Å². The van der Waals surface area contributed by atoms with Crippen LogP contribution in [0, 0.1) is 5.95 Å². The van der Waals surface area contributed by atoms with Crippen LogP contribution >= 0.6 is 0 Å². The first-order valence-electron chi connectivity index (χ1n) is 3.85. The molecule has 0 atom stereocenters. The maximum atomic E-state index is 12.4. The van der Waals surface area contributed by atoms with Gasteiger partial charge in [-0.2, -0.15) is 4.39 Å². The fourth-order valence-electron chi connectivity index (χ4n) is 1.28. The quantitative estimate of drug-likeness (QED) is 0.490. The van der Waals surface area contributed by atoms with E-state index < -0.39 is 5.95 Å². The number of aldehydes is 1. The van der Waals surface area contributed by atoms with E-state index in [0.717, 1.165) is 24.7 Å². The number of halogens is 1. The summed E-state index contributed by atoms with van der Waals surface area (Å²) in [5, 5.41) is 0. The van der Waals surface area contributed by atoms with Crippen molar-refractivity contribution < 1.29 is 9.18 Å². The normalized spacial score (nSPS) is 18.8. The second-order valence-electron chi connectivity index (χ2n) is 3.14. The van der Waals surface area contributed by atoms with Gasteiger partial charge in [0.1, 0.15) is 6.29 Å². The SMILES string of the molecule is O=CC1(c2ccc(F)nc2)CC1. The minimum absolute atomic E-state index is 0.333. The highest BCUT2D eigenvalue weighted by Crippen LogP contribution is 2.45. The van der Waals surface area contributed by atoms with Crippen molar-refractivity contribution >= 4 is 6.29 Å². The van der Waals surface area contributed by atoms with Gasteiger partial charge in [0.25, 0.3) is 0 Å². The van der Waals surface area contributed by atoms with E-state index in [1.54, 1.807) is 6.07 Å². The van der Waals surface area contributed by atoms with Crippen molar-refractivity contribution in [1.82, 2.24) is 4.98 Å². The first-order chi connectivity index (χ1) is 5.77. The number of carbonyl (C=O) groups excluding carboxylic acids is 1. The molecule has 2 rings (SSSR count). The number of hydrogen-bond acceptors (Lipinski definition) is 2. The van der Waals surface area contributed by atoms with Crippen LogP contribution in [0.4, 0.5) is 4.39 Å². The molecular weight excluding hydrogens is 157 g/mol. The maximum Gasteiger partial charge on any atom is 0.212 e. The molecule has 1 aliphatic carbocycles. The Hall–Kier alpha value is -1.25. The van der Waals surface area contributed by atoms with E-state index in [4.69, 9.17) is 0 Å². The Kier molecular flexibility index (Phi) is 1.46. The van der Waals surface area contributed by atoms with Gasteiger partial charge in [0.05, 0.1) is 5.41 Å². The summed E-state index contributed by atoms with van der Waals surface area (Å²) in [7, 11) is 0. The molecule has 1 aromatic rings. The van der Waals surface area contributed by atoms with Crippen LogP contribution in [0.15, 0.2) is 18.3 Å². The first-order valence-corrected chi connectivity index (χ1v) is 3.85. The van der Waals surface area contributed by atoms with Gasteiger partial charge in [0, 0.05) is 6.20 Å². The molecule has 12 heavy (non-hydrogen) atoms. The fraction of sp³-hybridized carbons (Fsp3) is 0.333. The summed E-state index contributed by atoms with van der Waals surface area (Å²) in [5.74, 6) is -0.500. The molecule has 1 aromatic heterocycles. The molecule has 0 aliphatic heterocycles. The molecule has 0 aromatic carbocycles. The molecule has 0 amide bonds. The second kappa shape index (κ2) is 2.37. The van der Waals surface area contributed by atoms with Gasteiger partial charge in [-0.15, -0.1) is 0 Å². The fourth-order valence-corrected chi connectivity index (χ4v) is 1.28. The van der Waals surface area contributed by atoms with Crippen molar-refractivity contribution in [2.45, 2.75) is 18.3 Å². The summed E-state index contributed by atoms with van der Waals surface area (Å²) >= 11 is 0. The molecule has 2 nitrogen and oxygen atoms in total. The Morgan fingerprint density at radius 2 is 2.25 bits per heavy atom. The molecule has 1 fully saturated rings. The number of carbonyl (C=O) groups is 1. The van der Waals surface area contributed by atoms with Crippen LogP contribution < -0.4 is 0 Å². The zero-order valence-corrected chi connectivity index (χ0v) is 6.46. The van der Waals surface area contributed by atoms with Crippen LogP contribution in [-0.2, 0) is 10.2 Å². The third kappa shape index (κ3) is 1.02. The lowest BCUT2D eigenvalue weighted by Gasteiger charge is -2.04. The van der Waals surface area contributed by atoms with E-state index in [0.29, 0.717) is 0 Å². The van der Waals surface area contributed by atoms with E-state index in [1.165, 1.54) is 12.3 Å². The zero-order valence-electron chi connectivity index (χ0n) is 6.46. The van der Waals surface area contributed by atoms with E-state index in [1.807, 2.05) is 0 Å². The topological polar surface area (TPSA) is 30.0 Å². The minimum Gasteiger partial charge on any atom is -0.302 e. The molecule has 3 heteroatoms. The van der Waals surface area contributed by atoms with Crippen molar-refractivity contribution in [3.8, 4) is 0 Å². The zero-order chi connectivity index (χ0) is 8.60. The number of nitrogens with zero attached hydrogens (tertiary/aromatic N) is 1. The lowest BCUT2D eigenvalue weighted by atomic mass is 10.0. The highest BCUT2D eigenvalue weighted by atomic mass is 19.1. The number of pyridine rings is 1. The van der Waals surface area contributed by atoms with Crippen molar-refractivity contribution in [2.75, 3.05) is 0 Å². The Bertz CT molecular complexity index is 303. The molecule has 0 spiro atoms. The Morgan fingerprint density at radius 3 is 2.67 bits per heavy atom. The Balaban J connectivity index is 2.35. The predicted molar refractivity (Wildman–Crippen MR) is 41.2 cm³/mol. The Labute approximate surface area is 69.4 Å². The van der Waals surface area contributed by atoms with E-state index in [2.05, 4.69) is 4.98 Å². The van der Waals surface area contributed by atoms with Gasteiger partial charge in [-0.1, -0.05) is 6.07 Å². The third-order valence-corrected chi connectivity index (χ3v) is 2.32. The Morgan fingerprint density at radius 1 is 1.50 bits per heavy atom. The van der Waals surface area contributed by atoms with Crippen molar-refractivity contribution in [3.05, 3.63) is 29.8 Å². The van der Waals surface area contributed by atoms with Crippen LogP contribution in [-0.4, -0.2) is 11.3 Å². The molecule has 0 unspecified atom stereocenters. The number of hydrogen-bond donors (Lipinski definition) is 0. The molecule has 1 saturated carbocycles. The van der Waals surface area contributed by atoms with Crippen LogP contribution in [0.1, 0.15) is 18.4 Å². The smallest absolute Gasteiger partial charge is 0.212 e. The third-order valence-electron chi connectivity index (χ3n) is 2.32.